The van der Waals surface area contributed by atoms with Gasteiger partial charge in [-0.1, -0.05) is 12.1 Å². The molecule has 3 aromatic rings. The molecule has 1 aromatic heterocycles. The number of ether oxygens (including phenoxy) is 2. The summed E-state index contributed by atoms with van der Waals surface area (Å²) in [6, 6.07) is 14.8. The van der Waals surface area contributed by atoms with Crippen LogP contribution in [0.3, 0.4) is 0 Å². The van der Waals surface area contributed by atoms with E-state index in [0.717, 1.165) is 11.1 Å². The van der Waals surface area contributed by atoms with Crippen LogP contribution in [0.25, 0.3) is 5.76 Å². The minimum atomic E-state index is -0.862. The molecule has 2 aromatic carbocycles. The number of hydrogen-bond acceptors (Lipinski definition) is 6. The van der Waals surface area contributed by atoms with Crippen LogP contribution in [-0.2, 0) is 16.1 Å². The topological polar surface area (TPSA) is 89.2 Å². The van der Waals surface area contributed by atoms with Gasteiger partial charge in [-0.25, -0.2) is 0 Å². The third-order valence-corrected chi connectivity index (χ3v) is 5.51. The zero-order chi connectivity index (χ0) is 22.8. The average molecular weight is 433 g/mol. The molecule has 1 aliphatic rings. The van der Waals surface area contributed by atoms with E-state index < -0.39 is 17.7 Å². The number of likely N-dealkylation sites (tertiary alicyclic amines) is 1. The lowest BCUT2D eigenvalue weighted by molar-refractivity contribution is -0.140. The molecule has 32 heavy (non-hydrogen) atoms. The average Bonchev–Trinajstić information content (AvgIpc) is 3.41. The highest BCUT2D eigenvalue weighted by Gasteiger charge is 2.47. The van der Waals surface area contributed by atoms with E-state index in [2.05, 4.69) is 0 Å². The Balaban J connectivity index is 1.81. The molecule has 1 aliphatic heterocycles. The summed E-state index contributed by atoms with van der Waals surface area (Å²) in [4.78, 5) is 27.5. The Labute approximate surface area is 185 Å². The van der Waals surface area contributed by atoms with Crippen LogP contribution in [0.15, 0.2) is 70.9 Å². The van der Waals surface area contributed by atoms with E-state index in [1.165, 1.54) is 11.2 Å². The van der Waals surface area contributed by atoms with Crippen molar-refractivity contribution in [3.05, 3.63) is 88.9 Å². The van der Waals surface area contributed by atoms with Gasteiger partial charge in [0.25, 0.3) is 11.7 Å². The largest absolute Gasteiger partial charge is 0.507 e. The Kier molecular flexibility index (Phi) is 5.73. The predicted octanol–water partition coefficient (Wildman–Crippen LogP) is 4.23. The minimum absolute atomic E-state index is 0.0163. The van der Waals surface area contributed by atoms with Crippen LogP contribution >= 0.6 is 0 Å². The molecule has 7 nitrogen and oxygen atoms in total. The van der Waals surface area contributed by atoms with E-state index in [0.29, 0.717) is 22.8 Å². The predicted molar refractivity (Wildman–Crippen MR) is 117 cm³/mol. The number of nitrogens with zero attached hydrogens (tertiary/aromatic N) is 1. The number of ketones is 1. The van der Waals surface area contributed by atoms with Crippen LogP contribution in [0.4, 0.5) is 0 Å². The summed E-state index contributed by atoms with van der Waals surface area (Å²) in [6.07, 6.45) is 1.47. The molecule has 1 amide bonds. The summed E-state index contributed by atoms with van der Waals surface area (Å²) >= 11 is 0. The SMILES string of the molecule is COc1cccc(CN2C(=O)C(=O)/C(=C(\O)c3ccc(OC)c(C)c3)C2c2ccco2)c1. The van der Waals surface area contributed by atoms with E-state index in [9.17, 15) is 14.7 Å². The molecule has 1 saturated heterocycles. The van der Waals surface area contributed by atoms with Crippen molar-refractivity contribution in [3.8, 4) is 11.5 Å². The van der Waals surface area contributed by atoms with Gasteiger partial charge in [-0.3, -0.25) is 9.59 Å². The molecule has 0 bridgehead atoms. The van der Waals surface area contributed by atoms with E-state index in [1.54, 1.807) is 56.7 Å². The maximum atomic E-state index is 13.1. The third kappa shape index (κ3) is 3.73. The van der Waals surface area contributed by atoms with Gasteiger partial charge in [0.2, 0.25) is 0 Å². The molecule has 0 aliphatic carbocycles. The molecule has 1 fully saturated rings. The van der Waals surface area contributed by atoms with Crippen molar-refractivity contribution >= 4 is 17.4 Å². The highest BCUT2D eigenvalue weighted by molar-refractivity contribution is 6.46. The van der Waals surface area contributed by atoms with Gasteiger partial charge in [-0.2, -0.15) is 0 Å². The smallest absolute Gasteiger partial charge is 0.296 e. The van der Waals surface area contributed by atoms with Crippen molar-refractivity contribution in [3.63, 3.8) is 0 Å². The number of furan rings is 1. The van der Waals surface area contributed by atoms with Crippen molar-refractivity contribution in [2.24, 2.45) is 0 Å². The Hall–Kier alpha value is -4.00. The van der Waals surface area contributed by atoms with E-state index >= 15 is 0 Å². The van der Waals surface area contributed by atoms with Gasteiger partial charge in [0, 0.05) is 12.1 Å². The number of carbonyl (C=O) groups is 2. The highest BCUT2D eigenvalue weighted by Crippen LogP contribution is 2.41. The van der Waals surface area contributed by atoms with Crippen LogP contribution in [0.1, 0.15) is 28.5 Å². The highest BCUT2D eigenvalue weighted by atomic mass is 16.5. The number of methoxy groups -OCH3 is 2. The quantitative estimate of drug-likeness (QED) is 0.356. The van der Waals surface area contributed by atoms with Crippen molar-refractivity contribution < 1.29 is 28.6 Å². The molecule has 0 saturated carbocycles. The van der Waals surface area contributed by atoms with E-state index in [1.807, 2.05) is 19.1 Å². The molecule has 1 unspecified atom stereocenters. The number of aliphatic hydroxyl groups is 1. The summed E-state index contributed by atoms with van der Waals surface area (Å²) in [5.41, 5.74) is 1.97. The van der Waals surface area contributed by atoms with Crippen LogP contribution in [0.2, 0.25) is 0 Å². The molecule has 2 heterocycles. The van der Waals surface area contributed by atoms with Crippen LogP contribution in [0.5, 0.6) is 11.5 Å². The maximum Gasteiger partial charge on any atom is 0.296 e. The number of carbonyl (C=O) groups excluding carboxylic acids is 2. The molecule has 0 spiro atoms. The number of benzene rings is 2. The van der Waals surface area contributed by atoms with Crippen LogP contribution in [0, 0.1) is 6.92 Å². The first-order chi connectivity index (χ1) is 15.4. The zero-order valence-corrected chi connectivity index (χ0v) is 18.0. The van der Waals surface area contributed by atoms with Crippen molar-refractivity contribution in [2.45, 2.75) is 19.5 Å². The number of hydrogen-bond donors (Lipinski definition) is 1. The fourth-order valence-electron chi connectivity index (χ4n) is 3.93. The third-order valence-electron chi connectivity index (χ3n) is 5.51. The summed E-state index contributed by atoms with van der Waals surface area (Å²) in [7, 11) is 3.12. The molecule has 0 radical (unpaired) electrons. The van der Waals surface area contributed by atoms with Crippen molar-refractivity contribution in [1.29, 1.82) is 0 Å². The van der Waals surface area contributed by atoms with Crippen LogP contribution in [-0.4, -0.2) is 35.9 Å². The van der Waals surface area contributed by atoms with Gasteiger partial charge >= 0.3 is 0 Å². The summed E-state index contributed by atoms with van der Waals surface area (Å²) < 4.78 is 16.1. The normalized spacial score (nSPS) is 17.6. The molecule has 7 heteroatoms. The molecular weight excluding hydrogens is 410 g/mol. The first-order valence-electron chi connectivity index (χ1n) is 10.0. The number of aliphatic hydroxyl groups excluding tert-OH is 1. The number of aryl methyl sites for hydroxylation is 1. The monoisotopic (exact) mass is 433 g/mol. The summed E-state index contributed by atoms with van der Waals surface area (Å²) in [6.45, 7) is 1.98. The maximum absolute atomic E-state index is 13.1. The standard InChI is InChI=1S/C25H23NO6/c1-15-12-17(9-10-19(15)31-3)23(27)21-22(20-8-5-11-32-20)26(25(29)24(21)28)14-16-6-4-7-18(13-16)30-2/h4-13,22,27H,14H2,1-3H3/b23-21-. The number of amides is 1. The number of Topliss-reactive ketones (excluding diaryl/α,β-unsaturated/α-hetero) is 1. The first-order valence-corrected chi connectivity index (χ1v) is 10.0. The second-order valence-corrected chi connectivity index (χ2v) is 7.48. The molecular formula is C25H23NO6. The lowest BCUT2D eigenvalue weighted by Crippen LogP contribution is -2.29. The fourth-order valence-corrected chi connectivity index (χ4v) is 3.93. The second kappa shape index (κ2) is 8.63. The fraction of sp³-hybridized carbons (Fsp3) is 0.200. The molecule has 1 N–H and O–H groups in total. The zero-order valence-electron chi connectivity index (χ0n) is 18.0. The Morgan fingerprint density at radius 2 is 1.88 bits per heavy atom. The van der Waals surface area contributed by atoms with Crippen molar-refractivity contribution in [1.82, 2.24) is 4.90 Å². The molecule has 4 rings (SSSR count). The molecule has 164 valence electrons. The van der Waals surface area contributed by atoms with E-state index in [4.69, 9.17) is 13.9 Å². The minimum Gasteiger partial charge on any atom is -0.507 e. The Bertz CT molecular complexity index is 1190. The molecule has 1 atom stereocenters. The lowest BCUT2D eigenvalue weighted by atomic mass is 9.98. The Morgan fingerprint density at radius 3 is 2.53 bits per heavy atom. The van der Waals surface area contributed by atoms with Gasteiger partial charge in [0.1, 0.15) is 29.1 Å². The Morgan fingerprint density at radius 1 is 1.06 bits per heavy atom. The second-order valence-electron chi connectivity index (χ2n) is 7.48. The van der Waals surface area contributed by atoms with Crippen LogP contribution < -0.4 is 9.47 Å². The van der Waals surface area contributed by atoms with Gasteiger partial charge < -0.3 is 23.9 Å². The number of rotatable bonds is 6. The summed E-state index contributed by atoms with van der Waals surface area (Å²) in [5, 5.41) is 11.1. The van der Waals surface area contributed by atoms with Crippen molar-refractivity contribution in [2.75, 3.05) is 14.2 Å². The van der Waals surface area contributed by atoms with Gasteiger partial charge in [-0.05, 0) is 60.5 Å². The van der Waals surface area contributed by atoms with E-state index in [-0.39, 0.29) is 17.9 Å². The van der Waals surface area contributed by atoms with Gasteiger partial charge in [0.05, 0.1) is 26.1 Å². The lowest BCUT2D eigenvalue weighted by Gasteiger charge is -2.23. The first kappa shape index (κ1) is 21.2. The summed E-state index contributed by atoms with van der Waals surface area (Å²) in [5.74, 6) is -0.0475. The van der Waals surface area contributed by atoms with Gasteiger partial charge in [0.15, 0.2) is 0 Å². The van der Waals surface area contributed by atoms with Gasteiger partial charge in [-0.15, -0.1) is 0 Å².